The van der Waals surface area contributed by atoms with E-state index in [1.807, 2.05) is 27.2 Å². The van der Waals surface area contributed by atoms with Gasteiger partial charge in [0.05, 0.1) is 39.9 Å². The predicted molar refractivity (Wildman–Crippen MR) is 253 cm³/mol. The molecule has 1 amide bonds. The molecule has 0 heterocycles. The topological polar surface area (TPSA) is 105 Å². The predicted octanol–water partition coefficient (Wildman–Crippen LogP) is 12.9. The van der Waals surface area contributed by atoms with Gasteiger partial charge in [-0.3, -0.25) is 13.8 Å². The average Bonchev–Trinajstić information content (AvgIpc) is 3.19. The molecule has 3 unspecified atom stereocenters. The van der Waals surface area contributed by atoms with Crippen LogP contribution in [0.1, 0.15) is 149 Å². The van der Waals surface area contributed by atoms with Gasteiger partial charge in [0.25, 0.3) is 0 Å². The fourth-order valence-electron chi connectivity index (χ4n) is 5.62. The largest absolute Gasteiger partial charge is 0.472 e. The number of phosphoric acid groups is 1. The van der Waals surface area contributed by atoms with Crippen molar-refractivity contribution < 1.29 is 32.9 Å². The van der Waals surface area contributed by atoms with Crippen LogP contribution in [0.4, 0.5) is 0 Å². The Hall–Kier alpha value is -2.84. The Morgan fingerprint density at radius 2 is 1.03 bits per heavy atom. The number of nitrogens with zero attached hydrogens (tertiary/aromatic N) is 1. The number of aliphatic hydroxyl groups is 1. The summed E-state index contributed by atoms with van der Waals surface area (Å²) in [6.45, 7) is 4.60. The van der Waals surface area contributed by atoms with Crippen molar-refractivity contribution in [3.05, 3.63) is 109 Å². The first-order valence-corrected chi connectivity index (χ1v) is 24.3. The Kier molecular flexibility index (Phi) is 38.6. The molecule has 0 radical (unpaired) electrons. The molecule has 0 aromatic heterocycles. The third-order valence-corrected chi connectivity index (χ3v) is 10.2. The van der Waals surface area contributed by atoms with E-state index in [-0.39, 0.29) is 19.1 Å². The summed E-state index contributed by atoms with van der Waals surface area (Å²) in [5.41, 5.74) is 0. The number of phosphoric ester groups is 1. The molecule has 0 rings (SSSR count). The number of aliphatic hydroxyl groups excluding tert-OH is 1. The second kappa shape index (κ2) is 40.6. The van der Waals surface area contributed by atoms with Crippen LogP contribution in [0, 0.1) is 0 Å². The molecular weight excluding hydrogens is 756 g/mol. The van der Waals surface area contributed by atoms with Gasteiger partial charge >= 0.3 is 7.82 Å². The average molecular weight is 842 g/mol. The highest BCUT2D eigenvalue weighted by Gasteiger charge is 2.27. The van der Waals surface area contributed by atoms with Gasteiger partial charge in [0, 0.05) is 6.42 Å². The number of hydrogen-bond donors (Lipinski definition) is 3. The van der Waals surface area contributed by atoms with Gasteiger partial charge in [0.1, 0.15) is 13.2 Å². The normalized spacial score (nSPS) is 15.3. The summed E-state index contributed by atoms with van der Waals surface area (Å²) in [7, 11) is 1.51. The number of nitrogens with one attached hydrogen (secondary N) is 1. The molecule has 0 aliphatic heterocycles. The zero-order valence-electron chi connectivity index (χ0n) is 37.9. The molecule has 0 aromatic carbocycles. The first-order valence-electron chi connectivity index (χ1n) is 22.8. The minimum Gasteiger partial charge on any atom is -0.387 e. The summed E-state index contributed by atoms with van der Waals surface area (Å²) in [5, 5.41) is 13.8. The van der Waals surface area contributed by atoms with Gasteiger partial charge < -0.3 is 19.8 Å². The molecule has 0 saturated heterocycles. The van der Waals surface area contributed by atoms with Crippen molar-refractivity contribution in [3.8, 4) is 0 Å². The Balaban J connectivity index is 4.47. The molecule has 3 atom stereocenters. The van der Waals surface area contributed by atoms with E-state index in [1.54, 1.807) is 6.08 Å². The Morgan fingerprint density at radius 3 is 1.56 bits per heavy atom. The van der Waals surface area contributed by atoms with E-state index in [4.69, 9.17) is 9.05 Å². The second-order valence-corrected chi connectivity index (χ2v) is 17.5. The molecule has 0 spiro atoms. The zero-order valence-corrected chi connectivity index (χ0v) is 38.8. The molecule has 9 heteroatoms. The molecule has 8 nitrogen and oxygen atoms in total. The standard InChI is InChI=1S/C50H85N2O6P/c1-6-8-10-12-14-16-18-20-21-22-23-24-25-26-27-28-29-30-31-32-34-36-38-40-42-44-50(54)51-48(47-58-59(55,56)57-46-45-52(3,4)5)49(53)43-41-39-37-35-33-19-17-15-13-11-9-7-2/h8,10,14,16,20-21,23-24,26-27,29-30,32-35,41,43,48-49,53H,6-7,9,11-13,15,17-19,22,25,28,31,36-40,42,44-47H2,1-5H3,(H-,51,54,55,56)/p+1/b10-8-,16-14-,21-20-,24-23-,27-26-,30-29-,34-32-,35-33+,43-41+. The summed E-state index contributed by atoms with van der Waals surface area (Å²) >= 11 is 0. The quantitative estimate of drug-likeness (QED) is 0.0246. The van der Waals surface area contributed by atoms with Crippen molar-refractivity contribution in [3.63, 3.8) is 0 Å². The van der Waals surface area contributed by atoms with E-state index in [9.17, 15) is 19.4 Å². The molecular formula is C50H86N2O6P+. The fourth-order valence-corrected chi connectivity index (χ4v) is 6.36. The van der Waals surface area contributed by atoms with Crippen LogP contribution in [-0.2, 0) is 18.4 Å². The fraction of sp³-hybridized carbons (Fsp3) is 0.620. The van der Waals surface area contributed by atoms with Crippen LogP contribution in [0.2, 0.25) is 0 Å². The third kappa shape index (κ3) is 43.1. The number of allylic oxidation sites excluding steroid dienone is 17. The maximum absolute atomic E-state index is 12.9. The highest BCUT2D eigenvalue weighted by Crippen LogP contribution is 2.43. The van der Waals surface area contributed by atoms with Crippen LogP contribution in [-0.4, -0.2) is 73.4 Å². The van der Waals surface area contributed by atoms with Crippen LogP contribution in [0.3, 0.4) is 0 Å². The molecule has 0 aliphatic carbocycles. The van der Waals surface area contributed by atoms with Crippen molar-refractivity contribution in [1.82, 2.24) is 5.32 Å². The zero-order chi connectivity index (χ0) is 43.6. The van der Waals surface area contributed by atoms with Crippen LogP contribution < -0.4 is 5.32 Å². The van der Waals surface area contributed by atoms with Gasteiger partial charge in [0.15, 0.2) is 0 Å². The monoisotopic (exact) mass is 842 g/mol. The lowest BCUT2D eigenvalue weighted by Gasteiger charge is -2.25. The third-order valence-electron chi connectivity index (χ3n) is 9.23. The van der Waals surface area contributed by atoms with Gasteiger partial charge in [-0.15, -0.1) is 0 Å². The van der Waals surface area contributed by atoms with Gasteiger partial charge in [-0.05, 0) is 89.9 Å². The number of quaternary nitrogens is 1. The molecule has 3 N–H and O–H groups in total. The first-order chi connectivity index (χ1) is 28.5. The van der Waals surface area contributed by atoms with Crippen molar-refractivity contribution in [1.29, 1.82) is 0 Å². The number of hydrogen-bond acceptors (Lipinski definition) is 5. The Bertz CT molecular complexity index is 1320. The number of carbonyl (C=O) groups is 1. The second-order valence-electron chi connectivity index (χ2n) is 16.0. The molecule has 0 saturated carbocycles. The number of unbranched alkanes of at least 4 members (excludes halogenated alkanes) is 10. The van der Waals surface area contributed by atoms with Gasteiger partial charge in [0.2, 0.25) is 5.91 Å². The molecule has 336 valence electrons. The summed E-state index contributed by atoms with van der Waals surface area (Å²) in [6.07, 6.45) is 58.8. The lowest BCUT2D eigenvalue weighted by Crippen LogP contribution is -2.45. The molecule has 0 fully saturated rings. The molecule has 0 aromatic rings. The Labute approximate surface area is 361 Å². The lowest BCUT2D eigenvalue weighted by atomic mass is 10.1. The lowest BCUT2D eigenvalue weighted by molar-refractivity contribution is -0.870. The van der Waals surface area contributed by atoms with Crippen LogP contribution in [0.25, 0.3) is 0 Å². The summed E-state index contributed by atoms with van der Waals surface area (Å²) in [6, 6.07) is -0.888. The van der Waals surface area contributed by atoms with Crippen LogP contribution in [0.5, 0.6) is 0 Å². The van der Waals surface area contributed by atoms with E-state index in [0.29, 0.717) is 23.9 Å². The highest BCUT2D eigenvalue weighted by molar-refractivity contribution is 7.47. The number of likely N-dealkylation sites (N-methyl/N-ethyl adjacent to an activating group) is 1. The maximum atomic E-state index is 12.9. The summed E-state index contributed by atoms with van der Waals surface area (Å²) in [4.78, 5) is 23.1. The molecule has 0 bridgehead atoms. The highest BCUT2D eigenvalue weighted by atomic mass is 31.2. The van der Waals surface area contributed by atoms with Crippen molar-refractivity contribution in [2.24, 2.45) is 0 Å². The maximum Gasteiger partial charge on any atom is 0.472 e. The number of rotatable bonds is 39. The smallest absolute Gasteiger partial charge is 0.387 e. The van der Waals surface area contributed by atoms with Crippen LogP contribution in [0.15, 0.2) is 109 Å². The summed E-state index contributed by atoms with van der Waals surface area (Å²) < 4.78 is 23.5. The SMILES string of the molecule is CC/C=C\C/C=C\C/C=C\C/C=C\C/C=C\C/C=C\C/C=C\CCCCCC(=O)NC(COP(=O)(O)OCC[N+](C)(C)C)C(O)/C=C/CC/C=C/CCCCCCCC. The summed E-state index contributed by atoms with van der Waals surface area (Å²) in [5.74, 6) is -0.226. The number of carbonyl (C=O) groups excluding carboxylic acids is 1. The molecule has 59 heavy (non-hydrogen) atoms. The van der Waals surface area contributed by atoms with E-state index < -0.39 is 20.0 Å². The van der Waals surface area contributed by atoms with Crippen molar-refractivity contribution in [2.75, 3.05) is 40.9 Å². The molecule has 0 aliphatic rings. The van der Waals surface area contributed by atoms with E-state index >= 15 is 0 Å². The van der Waals surface area contributed by atoms with Crippen LogP contribution >= 0.6 is 7.82 Å². The van der Waals surface area contributed by atoms with Gasteiger partial charge in [-0.25, -0.2) is 4.57 Å². The van der Waals surface area contributed by atoms with Crippen molar-refractivity contribution in [2.45, 2.75) is 161 Å². The van der Waals surface area contributed by atoms with E-state index in [0.717, 1.165) is 83.5 Å². The first kappa shape index (κ1) is 56.2. The van der Waals surface area contributed by atoms with E-state index in [1.165, 1.54) is 38.5 Å². The number of amides is 1. The Morgan fingerprint density at radius 1 is 0.593 bits per heavy atom. The van der Waals surface area contributed by atoms with E-state index in [2.05, 4.69) is 116 Å². The minimum atomic E-state index is -4.36. The minimum absolute atomic E-state index is 0.0425. The van der Waals surface area contributed by atoms with Crippen molar-refractivity contribution >= 4 is 13.7 Å². The van der Waals surface area contributed by atoms with Gasteiger partial charge in [-0.1, -0.05) is 162 Å². The van der Waals surface area contributed by atoms with Gasteiger partial charge in [-0.2, -0.15) is 0 Å².